The Labute approximate surface area is 103 Å². The highest BCUT2D eigenvalue weighted by molar-refractivity contribution is 6.33. The SMILES string of the molecule is CCNC1CCN(c2ccc(C)cc2Cl)C1. The second-order valence-corrected chi connectivity index (χ2v) is 4.85. The number of nitrogens with one attached hydrogen (secondary N) is 1. The molecule has 3 heteroatoms. The van der Waals surface area contributed by atoms with E-state index in [1.807, 2.05) is 6.07 Å². The molecule has 16 heavy (non-hydrogen) atoms. The van der Waals surface area contributed by atoms with Gasteiger partial charge in [-0.3, -0.25) is 0 Å². The van der Waals surface area contributed by atoms with Gasteiger partial charge in [0.25, 0.3) is 0 Å². The van der Waals surface area contributed by atoms with Crippen molar-refractivity contribution in [2.45, 2.75) is 26.3 Å². The molecular formula is C13H19ClN2. The van der Waals surface area contributed by atoms with Gasteiger partial charge in [0.15, 0.2) is 0 Å². The van der Waals surface area contributed by atoms with Gasteiger partial charge in [0, 0.05) is 19.1 Å². The first kappa shape index (κ1) is 11.7. The van der Waals surface area contributed by atoms with Crippen LogP contribution in [0.4, 0.5) is 5.69 Å². The van der Waals surface area contributed by atoms with E-state index < -0.39 is 0 Å². The largest absolute Gasteiger partial charge is 0.369 e. The maximum absolute atomic E-state index is 6.27. The van der Waals surface area contributed by atoms with Crippen LogP contribution >= 0.6 is 11.6 Å². The van der Waals surface area contributed by atoms with Crippen molar-refractivity contribution in [2.75, 3.05) is 24.5 Å². The molecule has 88 valence electrons. The number of anilines is 1. The van der Waals surface area contributed by atoms with E-state index >= 15 is 0 Å². The minimum atomic E-state index is 0.613. The third kappa shape index (κ3) is 2.50. The maximum Gasteiger partial charge on any atom is 0.0642 e. The van der Waals surface area contributed by atoms with Gasteiger partial charge in [-0.05, 0) is 37.6 Å². The summed E-state index contributed by atoms with van der Waals surface area (Å²) in [5.74, 6) is 0. The number of aryl methyl sites for hydroxylation is 1. The molecule has 0 spiro atoms. The van der Waals surface area contributed by atoms with Gasteiger partial charge >= 0.3 is 0 Å². The van der Waals surface area contributed by atoms with Gasteiger partial charge in [-0.2, -0.15) is 0 Å². The van der Waals surface area contributed by atoms with Gasteiger partial charge < -0.3 is 10.2 Å². The van der Waals surface area contributed by atoms with Crippen LogP contribution in [0, 0.1) is 6.92 Å². The van der Waals surface area contributed by atoms with Crippen molar-refractivity contribution in [1.29, 1.82) is 0 Å². The van der Waals surface area contributed by atoms with Crippen molar-refractivity contribution < 1.29 is 0 Å². The zero-order valence-corrected chi connectivity index (χ0v) is 10.7. The van der Waals surface area contributed by atoms with E-state index in [1.54, 1.807) is 0 Å². The Morgan fingerprint density at radius 3 is 3.00 bits per heavy atom. The summed E-state index contributed by atoms with van der Waals surface area (Å²) >= 11 is 6.27. The summed E-state index contributed by atoms with van der Waals surface area (Å²) in [6.45, 7) is 7.43. The van der Waals surface area contributed by atoms with E-state index in [0.29, 0.717) is 6.04 Å². The average molecular weight is 239 g/mol. The summed E-state index contributed by atoms with van der Waals surface area (Å²) in [6.07, 6.45) is 1.21. The first-order chi connectivity index (χ1) is 7.70. The zero-order chi connectivity index (χ0) is 11.5. The zero-order valence-electron chi connectivity index (χ0n) is 9.96. The molecular weight excluding hydrogens is 220 g/mol. The third-order valence-corrected chi connectivity index (χ3v) is 3.43. The molecule has 1 unspecified atom stereocenters. The molecule has 1 aromatic carbocycles. The fourth-order valence-electron chi connectivity index (χ4n) is 2.30. The lowest BCUT2D eigenvalue weighted by Gasteiger charge is -2.20. The molecule has 2 nitrogen and oxygen atoms in total. The summed E-state index contributed by atoms with van der Waals surface area (Å²) in [5, 5.41) is 4.36. The Hall–Kier alpha value is -0.730. The Morgan fingerprint density at radius 2 is 2.31 bits per heavy atom. The summed E-state index contributed by atoms with van der Waals surface area (Å²) in [4.78, 5) is 2.37. The van der Waals surface area contributed by atoms with Crippen molar-refractivity contribution in [3.63, 3.8) is 0 Å². The van der Waals surface area contributed by atoms with Crippen LogP contribution in [-0.4, -0.2) is 25.7 Å². The number of hydrogen-bond donors (Lipinski definition) is 1. The molecule has 2 rings (SSSR count). The molecule has 1 aliphatic rings. The number of rotatable bonds is 3. The lowest BCUT2D eigenvalue weighted by Crippen LogP contribution is -2.32. The van der Waals surface area contributed by atoms with Gasteiger partial charge in [-0.25, -0.2) is 0 Å². The van der Waals surface area contributed by atoms with E-state index in [-0.39, 0.29) is 0 Å². The number of hydrogen-bond acceptors (Lipinski definition) is 2. The van der Waals surface area contributed by atoms with Gasteiger partial charge in [-0.15, -0.1) is 0 Å². The van der Waals surface area contributed by atoms with Crippen LogP contribution in [0.5, 0.6) is 0 Å². The minimum absolute atomic E-state index is 0.613. The number of nitrogens with zero attached hydrogens (tertiary/aromatic N) is 1. The monoisotopic (exact) mass is 238 g/mol. The Morgan fingerprint density at radius 1 is 1.50 bits per heavy atom. The predicted molar refractivity (Wildman–Crippen MR) is 70.5 cm³/mol. The van der Waals surface area contributed by atoms with Gasteiger partial charge in [-0.1, -0.05) is 24.6 Å². The molecule has 1 aromatic rings. The molecule has 0 bridgehead atoms. The molecule has 0 aliphatic carbocycles. The first-order valence-corrected chi connectivity index (χ1v) is 6.33. The van der Waals surface area contributed by atoms with Crippen molar-refractivity contribution >= 4 is 17.3 Å². The Kier molecular flexibility index (Phi) is 3.72. The summed E-state index contributed by atoms with van der Waals surface area (Å²) < 4.78 is 0. The quantitative estimate of drug-likeness (QED) is 0.871. The molecule has 0 saturated carbocycles. The fraction of sp³-hybridized carbons (Fsp3) is 0.538. The molecule has 1 atom stereocenters. The molecule has 1 heterocycles. The fourth-order valence-corrected chi connectivity index (χ4v) is 2.66. The molecule has 1 aliphatic heterocycles. The molecule has 0 aromatic heterocycles. The van der Waals surface area contributed by atoms with Gasteiger partial charge in [0.1, 0.15) is 0 Å². The first-order valence-electron chi connectivity index (χ1n) is 5.95. The van der Waals surface area contributed by atoms with Crippen LogP contribution in [0.1, 0.15) is 18.9 Å². The van der Waals surface area contributed by atoms with Crippen molar-refractivity contribution in [3.05, 3.63) is 28.8 Å². The van der Waals surface area contributed by atoms with Crippen LogP contribution in [0.15, 0.2) is 18.2 Å². The second-order valence-electron chi connectivity index (χ2n) is 4.44. The van der Waals surface area contributed by atoms with Crippen molar-refractivity contribution in [3.8, 4) is 0 Å². The van der Waals surface area contributed by atoms with Crippen molar-refractivity contribution in [2.24, 2.45) is 0 Å². The molecule has 1 saturated heterocycles. The smallest absolute Gasteiger partial charge is 0.0642 e. The van der Waals surface area contributed by atoms with Crippen LogP contribution in [0.3, 0.4) is 0 Å². The molecule has 0 radical (unpaired) electrons. The lowest BCUT2D eigenvalue weighted by molar-refractivity contribution is 0.572. The van der Waals surface area contributed by atoms with E-state index in [9.17, 15) is 0 Å². The lowest BCUT2D eigenvalue weighted by atomic mass is 10.2. The standard InChI is InChI=1S/C13H19ClN2/c1-3-15-11-6-7-16(9-11)13-5-4-10(2)8-12(13)14/h4-5,8,11,15H,3,6-7,9H2,1-2H3. The normalized spacial score (nSPS) is 20.4. The second kappa shape index (κ2) is 5.07. The van der Waals surface area contributed by atoms with Crippen LogP contribution in [-0.2, 0) is 0 Å². The Balaban J connectivity index is 2.08. The highest BCUT2D eigenvalue weighted by atomic mass is 35.5. The molecule has 0 amide bonds. The summed E-state index contributed by atoms with van der Waals surface area (Å²) in [7, 11) is 0. The average Bonchev–Trinajstić information content (AvgIpc) is 2.67. The van der Waals surface area contributed by atoms with E-state index in [1.165, 1.54) is 17.7 Å². The van der Waals surface area contributed by atoms with Crippen LogP contribution in [0.2, 0.25) is 5.02 Å². The van der Waals surface area contributed by atoms with Crippen LogP contribution < -0.4 is 10.2 Å². The predicted octanol–water partition coefficient (Wildman–Crippen LogP) is 2.84. The van der Waals surface area contributed by atoms with Crippen LogP contribution in [0.25, 0.3) is 0 Å². The minimum Gasteiger partial charge on any atom is -0.369 e. The summed E-state index contributed by atoms with van der Waals surface area (Å²) in [6, 6.07) is 6.91. The Bertz CT molecular complexity index is 365. The highest BCUT2D eigenvalue weighted by Crippen LogP contribution is 2.29. The van der Waals surface area contributed by atoms with E-state index in [0.717, 1.165) is 24.7 Å². The van der Waals surface area contributed by atoms with E-state index in [4.69, 9.17) is 11.6 Å². The number of halogens is 1. The molecule has 1 fully saturated rings. The topological polar surface area (TPSA) is 15.3 Å². The van der Waals surface area contributed by atoms with Gasteiger partial charge in [0.05, 0.1) is 10.7 Å². The van der Waals surface area contributed by atoms with Crippen molar-refractivity contribution in [1.82, 2.24) is 5.32 Å². The third-order valence-electron chi connectivity index (χ3n) is 3.12. The number of benzene rings is 1. The highest BCUT2D eigenvalue weighted by Gasteiger charge is 2.22. The molecule has 1 N–H and O–H groups in total. The van der Waals surface area contributed by atoms with Gasteiger partial charge in [0.2, 0.25) is 0 Å². The maximum atomic E-state index is 6.27. The van der Waals surface area contributed by atoms with E-state index in [2.05, 4.69) is 36.2 Å². The number of likely N-dealkylation sites (N-methyl/N-ethyl adjacent to an activating group) is 1. The summed E-state index contributed by atoms with van der Waals surface area (Å²) in [5.41, 5.74) is 2.39.